The SMILES string of the molecule is COC(=O)/C=C/c1cc2ccccc2cc1N. The molecule has 0 spiro atoms. The van der Waals surface area contributed by atoms with E-state index in [2.05, 4.69) is 4.74 Å². The molecule has 0 fully saturated rings. The molecule has 3 nitrogen and oxygen atoms in total. The Hall–Kier alpha value is -2.29. The smallest absolute Gasteiger partial charge is 0.330 e. The lowest BCUT2D eigenvalue weighted by Crippen LogP contribution is -1.94. The summed E-state index contributed by atoms with van der Waals surface area (Å²) in [5, 5.41) is 2.17. The van der Waals surface area contributed by atoms with Crippen LogP contribution in [0, 0.1) is 0 Å². The molecule has 0 radical (unpaired) electrons. The van der Waals surface area contributed by atoms with E-state index in [0.717, 1.165) is 16.3 Å². The number of methoxy groups -OCH3 is 1. The van der Waals surface area contributed by atoms with Crippen molar-refractivity contribution in [1.29, 1.82) is 0 Å². The summed E-state index contributed by atoms with van der Waals surface area (Å²) in [6.07, 6.45) is 3.02. The van der Waals surface area contributed by atoms with E-state index in [9.17, 15) is 4.79 Å². The number of ether oxygens (including phenoxy) is 1. The molecule has 2 N–H and O–H groups in total. The summed E-state index contributed by atoms with van der Waals surface area (Å²) in [6, 6.07) is 11.8. The minimum Gasteiger partial charge on any atom is -0.466 e. The molecule has 0 saturated carbocycles. The highest BCUT2D eigenvalue weighted by Gasteiger charge is 2.00. The number of carbonyl (C=O) groups excluding carboxylic acids is 1. The van der Waals surface area contributed by atoms with Gasteiger partial charge in [0.05, 0.1) is 7.11 Å². The van der Waals surface area contributed by atoms with Crippen molar-refractivity contribution >= 4 is 28.5 Å². The zero-order valence-electron chi connectivity index (χ0n) is 9.51. The van der Waals surface area contributed by atoms with Crippen LogP contribution in [0.1, 0.15) is 5.56 Å². The first-order valence-corrected chi connectivity index (χ1v) is 5.25. The van der Waals surface area contributed by atoms with Crippen LogP contribution in [0.15, 0.2) is 42.5 Å². The summed E-state index contributed by atoms with van der Waals surface area (Å²) in [5.74, 6) is -0.391. The molecule has 0 aromatic heterocycles. The maximum atomic E-state index is 11.0. The minimum atomic E-state index is -0.391. The van der Waals surface area contributed by atoms with Gasteiger partial charge in [-0.15, -0.1) is 0 Å². The number of esters is 1. The largest absolute Gasteiger partial charge is 0.466 e. The van der Waals surface area contributed by atoms with E-state index >= 15 is 0 Å². The lowest BCUT2D eigenvalue weighted by Gasteiger charge is -2.03. The Kier molecular flexibility index (Phi) is 3.10. The van der Waals surface area contributed by atoms with E-state index in [1.807, 2.05) is 36.4 Å². The molecule has 3 heteroatoms. The number of carbonyl (C=O) groups is 1. The topological polar surface area (TPSA) is 52.3 Å². The van der Waals surface area contributed by atoms with Gasteiger partial charge in [-0.3, -0.25) is 0 Å². The van der Waals surface area contributed by atoms with Crippen molar-refractivity contribution in [3.8, 4) is 0 Å². The van der Waals surface area contributed by atoms with Gasteiger partial charge in [0, 0.05) is 11.8 Å². The molecule has 0 heterocycles. The van der Waals surface area contributed by atoms with Crippen LogP contribution < -0.4 is 5.73 Å². The van der Waals surface area contributed by atoms with Gasteiger partial charge in [-0.25, -0.2) is 4.79 Å². The van der Waals surface area contributed by atoms with Gasteiger partial charge in [0.1, 0.15) is 0 Å². The fourth-order valence-corrected chi connectivity index (χ4v) is 1.65. The lowest BCUT2D eigenvalue weighted by molar-refractivity contribution is -0.134. The monoisotopic (exact) mass is 227 g/mol. The number of hydrogen-bond donors (Lipinski definition) is 1. The highest BCUT2D eigenvalue weighted by Crippen LogP contribution is 2.22. The predicted molar refractivity (Wildman–Crippen MR) is 69.4 cm³/mol. The molecule has 0 aliphatic carbocycles. The molecule has 2 aromatic rings. The van der Waals surface area contributed by atoms with Crippen molar-refractivity contribution in [1.82, 2.24) is 0 Å². The van der Waals surface area contributed by atoms with Gasteiger partial charge in [-0.1, -0.05) is 24.3 Å². The highest BCUT2D eigenvalue weighted by atomic mass is 16.5. The maximum Gasteiger partial charge on any atom is 0.330 e. The lowest BCUT2D eigenvalue weighted by atomic mass is 10.0. The summed E-state index contributed by atoms with van der Waals surface area (Å²) in [7, 11) is 1.34. The summed E-state index contributed by atoms with van der Waals surface area (Å²) >= 11 is 0. The zero-order chi connectivity index (χ0) is 12.3. The quantitative estimate of drug-likeness (QED) is 0.487. The molecule has 86 valence electrons. The Bertz CT molecular complexity index is 588. The molecule has 0 atom stereocenters. The van der Waals surface area contributed by atoms with Crippen LogP contribution in [-0.2, 0) is 9.53 Å². The molecule has 17 heavy (non-hydrogen) atoms. The first-order chi connectivity index (χ1) is 8.20. The standard InChI is InChI=1S/C14H13NO2/c1-17-14(16)7-6-12-8-10-4-2-3-5-11(10)9-13(12)15/h2-9H,15H2,1H3/b7-6+. The van der Waals surface area contributed by atoms with Crippen LogP contribution in [0.25, 0.3) is 16.8 Å². The van der Waals surface area contributed by atoms with Crippen molar-refractivity contribution in [3.05, 3.63) is 48.0 Å². The molecule has 2 rings (SSSR count). The first-order valence-electron chi connectivity index (χ1n) is 5.25. The normalized spacial score (nSPS) is 10.9. The Morgan fingerprint density at radius 1 is 1.24 bits per heavy atom. The molecule has 0 amide bonds. The van der Waals surface area contributed by atoms with Gasteiger partial charge < -0.3 is 10.5 Å². The summed E-state index contributed by atoms with van der Waals surface area (Å²) in [6.45, 7) is 0. The zero-order valence-corrected chi connectivity index (χ0v) is 9.51. The van der Waals surface area contributed by atoms with Crippen LogP contribution >= 0.6 is 0 Å². The molecule has 0 unspecified atom stereocenters. The van der Waals surface area contributed by atoms with Crippen molar-refractivity contribution < 1.29 is 9.53 Å². The number of nitrogens with two attached hydrogens (primary N) is 1. The molecule has 0 aliphatic rings. The van der Waals surface area contributed by atoms with Gasteiger partial charge in [0.15, 0.2) is 0 Å². The first kappa shape index (κ1) is 11.2. The van der Waals surface area contributed by atoms with E-state index in [0.29, 0.717) is 5.69 Å². The van der Waals surface area contributed by atoms with E-state index in [1.54, 1.807) is 6.08 Å². The molecule has 0 bridgehead atoms. The average Bonchev–Trinajstić information content (AvgIpc) is 2.35. The van der Waals surface area contributed by atoms with Gasteiger partial charge in [-0.05, 0) is 34.5 Å². The molecule has 2 aromatic carbocycles. The third-order valence-electron chi connectivity index (χ3n) is 2.55. The summed E-state index contributed by atoms with van der Waals surface area (Å²) < 4.78 is 4.53. The molecule has 0 saturated heterocycles. The second-order valence-electron chi connectivity index (χ2n) is 3.68. The number of nitrogen functional groups attached to an aromatic ring is 1. The van der Waals surface area contributed by atoms with Crippen molar-refractivity contribution in [2.75, 3.05) is 12.8 Å². The third-order valence-corrected chi connectivity index (χ3v) is 2.55. The molecular weight excluding hydrogens is 214 g/mol. The Labute approximate surface area is 99.5 Å². The highest BCUT2D eigenvalue weighted by molar-refractivity contribution is 5.93. The van der Waals surface area contributed by atoms with Crippen molar-refractivity contribution in [2.24, 2.45) is 0 Å². The van der Waals surface area contributed by atoms with Gasteiger partial charge in [-0.2, -0.15) is 0 Å². The summed E-state index contributed by atoms with van der Waals surface area (Å²) in [5.41, 5.74) is 7.37. The van der Waals surface area contributed by atoms with Crippen molar-refractivity contribution in [3.63, 3.8) is 0 Å². The number of benzene rings is 2. The van der Waals surface area contributed by atoms with Crippen LogP contribution in [-0.4, -0.2) is 13.1 Å². The Balaban J connectivity index is 2.44. The Morgan fingerprint density at radius 2 is 1.88 bits per heavy atom. The number of fused-ring (bicyclic) bond motifs is 1. The summed E-state index contributed by atoms with van der Waals surface area (Å²) in [4.78, 5) is 11.0. The maximum absolute atomic E-state index is 11.0. The number of rotatable bonds is 2. The van der Waals surface area contributed by atoms with Gasteiger partial charge in [0.2, 0.25) is 0 Å². The minimum absolute atomic E-state index is 0.391. The predicted octanol–water partition coefficient (Wildman–Crippen LogP) is 2.61. The fraction of sp³-hybridized carbons (Fsp3) is 0.0714. The molecule has 0 aliphatic heterocycles. The van der Waals surface area contributed by atoms with Crippen LogP contribution in [0.3, 0.4) is 0 Å². The van der Waals surface area contributed by atoms with Gasteiger partial charge in [0.25, 0.3) is 0 Å². The Morgan fingerprint density at radius 3 is 2.53 bits per heavy atom. The van der Waals surface area contributed by atoms with E-state index < -0.39 is 5.97 Å². The van der Waals surface area contributed by atoms with Crippen LogP contribution in [0.2, 0.25) is 0 Å². The third kappa shape index (κ3) is 2.45. The van der Waals surface area contributed by atoms with E-state index in [1.165, 1.54) is 13.2 Å². The second kappa shape index (κ2) is 4.70. The van der Waals surface area contributed by atoms with Crippen molar-refractivity contribution in [2.45, 2.75) is 0 Å². The molecular formula is C14H13NO2. The number of hydrogen-bond acceptors (Lipinski definition) is 3. The average molecular weight is 227 g/mol. The van der Waals surface area contributed by atoms with E-state index in [-0.39, 0.29) is 0 Å². The number of anilines is 1. The fourth-order valence-electron chi connectivity index (χ4n) is 1.65. The van der Waals surface area contributed by atoms with Crippen LogP contribution in [0.4, 0.5) is 5.69 Å². The van der Waals surface area contributed by atoms with Gasteiger partial charge >= 0.3 is 5.97 Å². The second-order valence-corrected chi connectivity index (χ2v) is 3.68. The van der Waals surface area contributed by atoms with Crippen LogP contribution in [0.5, 0.6) is 0 Å². The van der Waals surface area contributed by atoms with E-state index in [4.69, 9.17) is 5.73 Å².